The van der Waals surface area contributed by atoms with Gasteiger partial charge in [0.25, 0.3) is 5.88 Å². The van der Waals surface area contributed by atoms with E-state index < -0.39 is 17.5 Å². The van der Waals surface area contributed by atoms with Gasteiger partial charge < -0.3 is 19.8 Å². The molecule has 0 spiro atoms. The number of hydrogen-bond donors (Lipinski definition) is 2. The lowest BCUT2D eigenvalue weighted by Crippen LogP contribution is -2.55. The SMILES string of the molecule is CCC[C@]1(C(=O)O)CCN(c2nccnc2OC)C[C@H]1O. The van der Waals surface area contributed by atoms with E-state index in [4.69, 9.17) is 4.74 Å². The fraction of sp³-hybridized carbons (Fsp3) is 0.643. The van der Waals surface area contributed by atoms with Crippen LogP contribution in [0.25, 0.3) is 0 Å². The first kappa shape index (κ1) is 15.5. The summed E-state index contributed by atoms with van der Waals surface area (Å²) in [6.07, 6.45) is 3.69. The number of carbonyl (C=O) groups is 1. The molecule has 2 atom stereocenters. The monoisotopic (exact) mass is 295 g/mol. The second-order valence-electron chi connectivity index (χ2n) is 5.31. The Kier molecular flexibility index (Phi) is 4.62. The number of methoxy groups -OCH3 is 1. The molecule has 116 valence electrons. The summed E-state index contributed by atoms with van der Waals surface area (Å²) >= 11 is 0. The molecule has 2 rings (SSSR count). The number of nitrogens with zero attached hydrogens (tertiary/aromatic N) is 3. The molecule has 2 N–H and O–H groups in total. The quantitative estimate of drug-likeness (QED) is 0.834. The summed E-state index contributed by atoms with van der Waals surface area (Å²) in [7, 11) is 1.51. The van der Waals surface area contributed by atoms with Crippen LogP contribution in [0.4, 0.5) is 5.82 Å². The summed E-state index contributed by atoms with van der Waals surface area (Å²) < 4.78 is 5.17. The molecule has 0 aliphatic carbocycles. The lowest BCUT2D eigenvalue weighted by molar-refractivity contribution is -0.159. The molecule has 0 aromatic carbocycles. The molecular formula is C14H21N3O4. The number of ether oxygens (including phenoxy) is 1. The molecular weight excluding hydrogens is 274 g/mol. The molecule has 0 bridgehead atoms. The van der Waals surface area contributed by atoms with Crippen LogP contribution in [-0.2, 0) is 4.79 Å². The molecule has 0 unspecified atom stereocenters. The Morgan fingerprint density at radius 2 is 2.24 bits per heavy atom. The maximum absolute atomic E-state index is 11.6. The third-order valence-electron chi connectivity index (χ3n) is 4.12. The fourth-order valence-corrected chi connectivity index (χ4v) is 2.94. The standard InChI is InChI=1S/C14H21N3O4/c1-3-4-14(13(19)20)5-8-17(9-10(14)18)11-12(21-2)16-7-6-15-11/h6-7,10,18H,3-5,8-9H2,1-2H3,(H,19,20)/t10-,14+/m1/s1. The normalized spacial score (nSPS) is 25.7. The second kappa shape index (κ2) is 6.26. The molecule has 0 radical (unpaired) electrons. The van der Waals surface area contributed by atoms with Crippen LogP contribution in [0.1, 0.15) is 26.2 Å². The predicted octanol–water partition coefficient (Wildman–Crippen LogP) is 0.927. The van der Waals surface area contributed by atoms with Gasteiger partial charge in [0.1, 0.15) is 0 Å². The molecule has 21 heavy (non-hydrogen) atoms. The average Bonchev–Trinajstić information content (AvgIpc) is 2.49. The Hall–Kier alpha value is -1.89. The number of carboxylic acid groups (broad SMARTS) is 1. The summed E-state index contributed by atoms with van der Waals surface area (Å²) in [5.74, 6) is -0.0137. The first-order valence-electron chi connectivity index (χ1n) is 7.06. The van der Waals surface area contributed by atoms with Gasteiger partial charge in [0.15, 0.2) is 5.82 Å². The predicted molar refractivity (Wildman–Crippen MR) is 76.4 cm³/mol. The minimum absolute atomic E-state index is 0.210. The summed E-state index contributed by atoms with van der Waals surface area (Å²) in [6.45, 7) is 2.63. The molecule has 1 aromatic heterocycles. The van der Waals surface area contributed by atoms with Gasteiger partial charge in [-0.1, -0.05) is 13.3 Å². The van der Waals surface area contributed by atoms with E-state index in [1.807, 2.05) is 11.8 Å². The third-order valence-corrected chi connectivity index (χ3v) is 4.12. The number of hydrogen-bond acceptors (Lipinski definition) is 6. The number of β-amino-alcohol motifs (C(OH)–C–C–N with tert-alkyl or cyclic N) is 1. The summed E-state index contributed by atoms with van der Waals surface area (Å²) in [6, 6.07) is 0. The van der Waals surface area contributed by atoms with E-state index in [1.165, 1.54) is 13.3 Å². The third kappa shape index (κ3) is 2.78. The highest BCUT2D eigenvalue weighted by Crippen LogP contribution is 2.39. The molecule has 0 saturated carbocycles. The van der Waals surface area contributed by atoms with Crippen LogP contribution < -0.4 is 9.64 Å². The van der Waals surface area contributed by atoms with Crippen LogP contribution >= 0.6 is 0 Å². The summed E-state index contributed by atoms with van der Waals surface area (Å²) in [5.41, 5.74) is -1.07. The van der Waals surface area contributed by atoms with E-state index in [-0.39, 0.29) is 6.54 Å². The number of aromatic nitrogens is 2. The molecule has 2 heterocycles. The lowest BCUT2D eigenvalue weighted by Gasteiger charge is -2.43. The van der Waals surface area contributed by atoms with Crippen LogP contribution in [0.3, 0.4) is 0 Å². The van der Waals surface area contributed by atoms with Gasteiger partial charge in [0, 0.05) is 25.5 Å². The Morgan fingerprint density at radius 3 is 2.81 bits per heavy atom. The minimum Gasteiger partial charge on any atom is -0.481 e. The van der Waals surface area contributed by atoms with Gasteiger partial charge in [0.2, 0.25) is 0 Å². The Morgan fingerprint density at radius 1 is 1.52 bits per heavy atom. The zero-order chi connectivity index (χ0) is 15.5. The minimum atomic E-state index is -1.07. The number of aliphatic hydroxyl groups is 1. The van der Waals surface area contributed by atoms with Crippen LogP contribution in [0.15, 0.2) is 12.4 Å². The molecule has 1 fully saturated rings. The first-order valence-corrected chi connectivity index (χ1v) is 7.06. The van der Waals surface area contributed by atoms with E-state index >= 15 is 0 Å². The molecule has 1 aromatic rings. The van der Waals surface area contributed by atoms with Crippen molar-refractivity contribution in [1.29, 1.82) is 0 Å². The topological polar surface area (TPSA) is 95.8 Å². The van der Waals surface area contributed by atoms with Crippen LogP contribution in [0.2, 0.25) is 0 Å². The largest absolute Gasteiger partial charge is 0.481 e. The van der Waals surface area contributed by atoms with E-state index in [9.17, 15) is 15.0 Å². The molecule has 1 aliphatic rings. The maximum Gasteiger partial charge on any atom is 0.312 e. The van der Waals surface area contributed by atoms with Crippen molar-refractivity contribution in [2.24, 2.45) is 5.41 Å². The molecule has 1 aliphatic heterocycles. The van der Waals surface area contributed by atoms with Gasteiger partial charge in [-0.25, -0.2) is 9.97 Å². The van der Waals surface area contributed by atoms with E-state index in [1.54, 1.807) is 6.20 Å². The Labute approximate surface area is 123 Å². The molecule has 7 heteroatoms. The van der Waals surface area contributed by atoms with Gasteiger partial charge in [-0.05, 0) is 12.8 Å². The lowest BCUT2D eigenvalue weighted by atomic mass is 9.73. The van der Waals surface area contributed by atoms with Crippen molar-refractivity contribution in [3.8, 4) is 5.88 Å². The number of piperidine rings is 1. The Bertz CT molecular complexity index is 511. The second-order valence-corrected chi connectivity index (χ2v) is 5.31. The highest BCUT2D eigenvalue weighted by molar-refractivity contribution is 5.76. The molecule has 0 amide bonds. The summed E-state index contributed by atoms with van der Waals surface area (Å²) in [5, 5.41) is 19.9. The zero-order valence-electron chi connectivity index (χ0n) is 12.3. The van der Waals surface area contributed by atoms with Crippen LogP contribution in [0.5, 0.6) is 5.88 Å². The van der Waals surface area contributed by atoms with Crippen molar-refractivity contribution in [3.05, 3.63) is 12.4 Å². The van der Waals surface area contributed by atoms with Gasteiger partial charge in [-0.15, -0.1) is 0 Å². The highest BCUT2D eigenvalue weighted by atomic mass is 16.5. The van der Waals surface area contributed by atoms with Crippen molar-refractivity contribution < 1.29 is 19.7 Å². The first-order chi connectivity index (χ1) is 10.0. The van der Waals surface area contributed by atoms with Crippen molar-refractivity contribution >= 4 is 11.8 Å². The maximum atomic E-state index is 11.6. The van der Waals surface area contributed by atoms with Crippen LogP contribution in [-0.4, -0.2) is 52.5 Å². The van der Waals surface area contributed by atoms with E-state index in [0.717, 1.165) is 6.42 Å². The van der Waals surface area contributed by atoms with Gasteiger partial charge in [-0.2, -0.15) is 0 Å². The van der Waals surface area contributed by atoms with Crippen molar-refractivity contribution in [2.75, 3.05) is 25.1 Å². The summed E-state index contributed by atoms with van der Waals surface area (Å²) in [4.78, 5) is 21.7. The van der Waals surface area contributed by atoms with Crippen molar-refractivity contribution in [1.82, 2.24) is 9.97 Å². The fourth-order valence-electron chi connectivity index (χ4n) is 2.94. The van der Waals surface area contributed by atoms with Gasteiger partial charge in [-0.3, -0.25) is 4.79 Å². The number of anilines is 1. The van der Waals surface area contributed by atoms with E-state index in [0.29, 0.717) is 31.1 Å². The number of aliphatic carboxylic acids is 1. The number of rotatable bonds is 5. The zero-order valence-corrected chi connectivity index (χ0v) is 12.3. The smallest absolute Gasteiger partial charge is 0.312 e. The van der Waals surface area contributed by atoms with Gasteiger partial charge >= 0.3 is 5.97 Å². The average molecular weight is 295 g/mol. The number of carboxylic acids is 1. The Balaban J connectivity index is 2.22. The molecule has 1 saturated heterocycles. The van der Waals surface area contributed by atoms with E-state index in [2.05, 4.69) is 9.97 Å². The number of aliphatic hydroxyl groups excluding tert-OH is 1. The highest BCUT2D eigenvalue weighted by Gasteiger charge is 2.48. The van der Waals surface area contributed by atoms with Crippen LogP contribution in [0, 0.1) is 5.41 Å². The molecule has 7 nitrogen and oxygen atoms in total. The van der Waals surface area contributed by atoms with Crippen molar-refractivity contribution in [2.45, 2.75) is 32.3 Å². The van der Waals surface area contributed by atoms with Gasteiger partial charge in [0.05, 0.1) is 18.6 Å². The van der Waals surface area contributed by atoms with Crippen molar-refractivity contribution in [3.63, 3.8) is 0 Å².